The van der Waals surface area contributed by atoms with E-state index in [-0.39, 0.29) is 0 Å². The molecule has 0 aromatic carbocycles. The molecule has 29 heavy (non-hydrogen) atoms. The Hall–Kier alpha value is -1.86. The highest BCUT2D eigenvalue weighted by molar-refractivity contribution is 5.80. The van der Waals surface area contributed by atoms with Gasteiger partial charge in [0.25, 0.3) is 0 Å². The fourth-order valence-corrected chi connectivity index (χ4v) is 3.83. The number of hydrogen-bond donors (Lipinski definition) is 2. The smallest absolute Gasteiger partial charge is 0.191 e. The topological polar surface area (TPSA) is 71.0 Å². The molecule has 1 aromatic heterocycles. The second kappa shape index (κ2) is 12.6. The van der Waals surface area contributed by atoms with Gasteiger partial charge in [-0.15, -0.1) is 0 Å². The average Bonchev–Trinajstić information content (AvgIpc) is 2.78. The van der Waals surface area contributed by atoms with E-state index in [9.17, 15) is 0 Å². The zero-order valence-corrected chi connectivity index (χ0v) is 17.8. The first-order chi connectivity index (χ1) is 14.3. The maximum Gasteiger partial charge on any atom is 0.191 e. The van der Waals surface area contributed by atoms with Crippen LogP contribution >= 0.6 is 0 Å². The van der Waals surface area contributed by atoms with Crippen molar-refractivity contribution in [2.45, 2.75) is 45.1 Å². The Bertz CT molecular complexity index is 584. The van der Waals surface area contributed by atoms with Gasteiger partial charge in [-0.25, -0.2) is 4.98 Å². The quantitative estimate of drug-likeness (QED) is 0.375. The van der Waals surface area contributed by atoms with Crippen LogP contribution in [-0.4, -0.2) is 69.6 Å². The molecule has 1 aromatic rings. The number of ether oxygens (including phenoxy) is 2. The van der Waals surface area contributed by atoms with E-state index >= 15 is 0 Å². The van der Waals surface area contributed by atoms with Crippen LogP contribution in [0.2, 0.25) is 0 Å². The summed E-state index contributed by atoms with van der Waals surface area (Å²) in [4.78, 5) is 11.6. The van der Waals surface area contributed by atoms with Crippen LogP contribution in [0, 0.1) is 5.92 Å². The summed E-state index contributed by atoms with van der Waals surface area (Å²) in [6, 6.07) is 6.56. The molecular formula is C22H37N5O2. The van der Waals surface area contributed by atoms with E-state index in [1.165, 1.54) is 0 Å². The minimum Gasteiger partial charge on any atom is -0.381 e. The van der Waals surface area contributed by atoms with Crippen LogP contribution in [0.15, 0.2) is 29.4 Å². The zero-order valence-electron chi connectivity index (χ0n) is 17.8. The monoisotopic (exact) mass is 403 g/mol. The van der Waals surface area contributed by atoms with Crippen LogP contribution < -0.4 is 15.5 Å². The molecule has 0 spiro atoms. The summed E-state index contributed by atoms with van der Waals surface area (Å²) in [6.45, 7) is 9.23. The Morgan fingerprint density at radius 2 is 2.07 bits per heavy atom. The standard InChI is InChI=1S/C22H37N5O2/c1-2-23-22(25-12-5-15-29-18-19-9-16-28-17-10-19)26-20-7-13-27(14-8-20)21-6-3-4-11-24-21/h3-4,6,11,19-20H,2,5,7-10,12-18H2,1H3,(H2,23,25,26). The summed E-state index contributed by atoms with van der Waals surface area (Å²) in [7, 11) is 0. The van der Waals surface area contributed by atoms with Gasteiger partial charge >= 0.3 is 0 Å². The second-order valence-electron chi connectivity index (χ2n) is 7.84. The first kappa shape index (κ1) is 21.8. The SMILES string of the molecule is CCNC(=NCCCOCC1CCOCC1)NC1CCN(c2ccccn2)CC1. The molecule has 7 nitrogen and oxygen atoms in total. The van der Waals surface area contributed by atoms with Gasteiger partial charge < -0.3 is 25.0 Å². The van der Waals surface area contributed by atoms with Crippen molar-refractivity contribution in [2.75, 3.05) is 57.5 Å². The zero-order chi connectivity index (χ0) is 20.2. The molecule has 2 N–H and O–H groups in total. The van der Waals surface area contributed by atoms with Gasteiger partial charge in [0.2, 0.25) is 0 Å². The summed E-state index contributed by atoms with van der Waals surface area (Å²) >= 11 is 0. The van der Waals surface area contributed by atoms with E-state index in [0.29, 0.717) is 12.0 Å². The lowest BCUT2D eigenvalue weighted by Crippen LogP contribution is -2.49. The highest BCUT2D eigenvalue weighted by Gasteiger charge is 2.20. The predicted octanol–water partition coefficient (Wildman–Crippen LogP) is 2.44. The number of nitrogens with zero attached hydrogens (tertiary/aromatic N) is 3. The molecule has 162 valence electrons. The van der Waals surface area contributed by atoms with Crippen LogP contribution in [0.5, 0.6) is 0 Å². The molecule has 2 fully saturated rings. The van der Waals surface area contributed by atoms with Crippen molar-refractivity contribution >= 4 is 11.8 Å². The van der Waals surface area contributed by atoms with Gasteiger partial charge in [0.1, 0.15) is 5.82 Å². The lowest BCUT2D eigenvalue weighted by molar-refractivity contribution is 0.0205. The number of hydrogen-bond acceptors (Lipinski definition) is 5. The number of pyridine rings is 1. The Kier molecular flexibility index (Phi) is 9.53. The highest BCUT2D eigenvalue weighted by atomic mass is 16.5. The molecular weight excluding hydrogens is 366 g/mol. The molecule has 3 rings (SSSR count). The van der Waals surface area contributed by atoms with E-state index in [2.05, 4.69) is 39.6 Å². The third-order valence-corrected chi connectivity index (χ3v) is 5.56. The van der Waals surface area contributed by atoms with Gasteiger partial charge in [-0.05, 0) is 57.1 Å². The van der Waals surface area contributed by atoms with Crippen molar-refractivity contribution in [3.8, 4) is 0 Å². The van der Waals surface area contributed by atoms with Crippen LogP contribution in [0.3, 0.4) is 0 Å². The molecule has 0 saturated carbocycles. The minimum absolute atomic E-state index is 0.456. The average molecular weight is 404 g/mol. The van der Waals surface area contributed by atoms with E-state index < -0.39 is 0 Å². The summed E-state index contributed by atoms with van der Waals surface area (Å²) in [6.07, 6.45) is 7.27. The molecule has 2 aliphatic heterocycles. The van der Waals surface area contributed by atoms with Crippen molar-refractivity contribution in [3.05, 3.63) is 24.4 Å². The Morgan fingerprint density at radius 1 is 1.24 bits per heavy atom. The number of anilines is 1. The van der Waals surface area contributed by atoms with E-state index in [4.69, 9.17) is 14.5 Å². The number of nitrogens with one attached hydrogen (secondary N) is 2. The summed E-state index contributed by atoms with van der Waals surface area (Å²) in [5.74, 6) is 2.67. The van der Waals surface area contributed by atoms with Crippen LogP contribution in [0.1, 0.15) is 39.0 Å². The van der Waals surface area contributed by atoms with Crippen molar-refractivity contribution in [3.63, 3.8) is 0 Å². The Balaban J connectivity index is 1.32. The predicted molar refractivity (Wildman–Crippen MR) is 118 cm³/mol. The molecule has 2 saturated heterocycles. The second-order valence-corrected chi connectivity index (χ2v) is 7.84. The van der Waals surface area contributed by atoms with Crippen LogP contribution in [0.25, 0.3) is 0 Å². The molecule has 0 amide bonds. The molecule has 0 aliphatic carbocycles. The maximum atomic E-state index is 5.84. The number of piperidine rings is 1. The number of rotatable bonds is 9. The third kappa shape index (κ3) is 7.82. The third-order valence-electron chi connectivity index (χ3n) is 5.56. The van der Waals surface area contributed by atoms with E-state index in [1.54, 1.807) is 0 Å². The molecule has 0 atom stereocenters. The van der Waals surface area contributed by atoms with Crippen molar-refractivity contribution < 1.29 is 9.47 Å². The number of aromatic nitrogens is 1. The van der Waals surface area contributed by atoms with Gasteiger partial charge in [0, 0.05) is 64.8 Å². The Morgan fingerprint density at radius 3 is 2.79 bits per heavy atom. The molecule has 3 heterocycles. The van der Waals surface area contributed by atoms with Crippen molar-refractivity contribution in [2.24, 2.45) is 10.9 Å². The van der Waals surface area contributed by atoms with Crippen LogP contribution in [-0.2, 0) is 9.47 Å². The summed E-state index contributed by atoms with van der Waals surface area (Å²) in [5, 5.41) is 6.98. The normalized spacial score (nSPS) is 19.3. The van der Waals surface area contributed by atoms with E-state index in [0.717, 1.165) is 96.5 Å². The number of guanidine groups is 1. The van der Waals surface area contributed by atoms with E-state index in [1.807, 2.05) is 12.3 Å². The largest absolute Gasteiger partial charge is 0.381 e. The molecule has 0 bridgehead atoms. The van der Waals surface area contributed by atoms with Gasteiger partial charge in [0.15, 0.2) is 5.96 Å². The minimum atomic E-state index is 0.456. The fraction of sp³-hybridized carbons (Fsp3) is 0.727. The molecule has 2 aliphatic rings. The molecule has 0 unspecified atom stereocenters. The van der Waals surface area contributed by atoms with Gasteiger partial charge in [-0.2, -0.15) is 0 Å². The summed E-state index contributed by atoms with van der Waals surface area (Å²) in [5.41, 5.74) is 0. The summed E-state index contributed by atoms with van der Waals surface area (Å²) < 4.78 is 11.2. The first-order valence-corrected chi connectivity index (χ1v) is 11.2. The molecule has 0 radical (unpaired) electrons. The lowest BCUT2D eigenvalue weighted by Gasteiger charge is -2.33. The maximum absolute atomic E-state index is 5.84. The lowest BCUT2D eigenvalue weighted by atomic mass is 10.0. The van der Waals surface area contributed by atoms with Crippen molar-refractivity contribution in [1.29, 1.82) is 0 Å². The van der Waals surface area contributed by atoms with Gasteiger partial charge in [0.05, 0.1) is 0 Å². The molecule has 7 heteroatoms. The number of aliphatic imine (C=N–C) groups is 1. The van der Waals surface area contributed by atoms with Crippen LogP contribution in [0.4, 0.5) is 5.82 Å². The van der Waals surface area contributed by atoms with Gasteiger partial charge in [-0.1, -0.05) is 6.07 Å². The Labute approximate surface area is 175 Å². The van der Waals surface area contributed by atoms with Crippen molar-refractivity contribution in [1.82, 2.24) is 15.6 Å². The first-order valence-electron chi connectivity index (χ1n) is 11.2. The van der Waals surface area contributed by atoms with Gasteiger partial charge in [-0.3, -0.25) is 4.99 Å². The highest BCUT2D eigenvalue weighted by Crippen LogP contribution is 2.17. The fourth-order valence-electron chi connectivity index (χ4n) is 3.83.